The van der Waals surface area contributed by atoms with Crippen LogP contribution >= 0.6 is 11.3 Å². The molecule has 0 N–H and O–H groups in total. The summed E-state index contributed by atoms with van der Waals surface area (Å²) in [6, 6.07) is 69.8. The molecule has 4 heterocycles. The van der Waals surface area contributed by atoms with Gasteiger partial charge in [-0.1, -0.05) is 192 Å². The van der Waals surface area contributed by atoms with Crippen LogP contribution in [-0.4, -0.2) is 24.1 Å². The molecule has 0 fully saturated rings. The molecule has 0 aliphatic carbocycles. The smallest absolute Gasteiger partial charge is 0.164 e. The quantitative estimate of drug-likeness (QED) is 0.167. The van der Waals surface area contributed by atoms with E-state index in [1.165, 1.54) is 69.5 Å². The Balaban J connectivity index is 1.12. The molecule has 0 spiro atoms. The SMILES string of the molecule is CC(C)(C)c1cc(-c2nc(-c3cc(C(C)(C)C)cc(C(C)(C)C)c3)nc(-c3ccc(-n4c5ccccc5c5ccccc54)c(-c4ccccc4-n4c5ccccc5c5c6sc7ccccc7c6ccc54)c3)n2)cc(C(C)(C)C)c1. The maximum Gasteiger partial charge on any atom is 0.164 e. The molecular formula is C73H67N5S. The predicted molar refractivity (Wildman–Crippen MR) is 338 cm³/mol. The second kappa shape index (κ2) is 18.2. The van der Waals surface area contributed by atoms with Crippen LogP contribution in [0.25, 0.3) is 120 Å². The Morgan fingerprint density at radius 2 is 0.734 bits per heavy atom. The molecule has 13 aromatic rings. The summed E-state index contributed by atoms with van der Waals surface area (Å²) in [4.78, 5) is 16.7. The molecule has 5 nitrogen and oxygen atoms in total. The third-order valence-electron chi connectivity index (χ3n) is 16.2. The lowest BCUT2D eigenvalue weighted by molar-refractivity contribution is 0.568. The van der Waals surface area contributed by atoms with Crippen LogP contribution in [0.3, 0.4) is 0 Å². The zero-order valence-corrected chi connectivity index (χ0v) is 48.4. The summed E-state index contributed by atoms with van der Waals surface area (Å²) in [5.74, 6) is 1.93. The normalized spacial score (nSPS) is 12.8. The lowest BCUT2D eigenvalue weighted by atomic mass is 9.79. The second-order valence-electron chi connectivity index (χ2n) is 25.8. The highest BCUT2D eigenvalue weighted by Crippen LogP contribution is 2.47. The van der Waals surface area contributed by atoms with Crippen LogP contribution in [0.15, 0.2) is 188 Å². The van der Waals surface area contributed by atoms with Gasteiger partial charge in [0.05, 0.1) is 33.4 Å². The number of fused-ring (bicyclic) bond motifs is 10. The first kappa shape index (κ1) is 50.3. The van der Waals surface area contributed by atoms with Gasteiger partial charge in [-0.3, -0.25) is 0 Å². The van der Waals surface area contributed by atoms with E-state index in [1.807, 2.05) is 11.3 Å². The number of para-hydroxylation sites is 4. The highest BCUT2D eigenvalue weighted by molar-refractivity contribution is 7.26. The number of hydrogen-bond acceptors (Lipinski definition) is 4. The van der Waals surface area contributed by atoms with Crippen LogP contribution in [0.4, 0.5) is 0 Å². The Hall–Kier alpha value is -8.19. The molecule has 0 saturated carbocycles. The molecule has 0 aliphatic rings. The van der Waals surface area contributed by atoms with Crippen molar-refractivity contribution >= 4 is 75.1 Å². The van der Waals surface area contributed by atoms with Gasteiger partial charge in [-0.2, -0.15) is 0 Å². The Morgan fingerprint density at radius 1 is 0.316 bits per heavy atom. The van der Waals surface area contributed by atoms with Crippen LogP contribution in [0.2, 0.25) is 0 Å². The lowest BCUT2D eigenvalue weighted by Gasteiger charge is -2.26. The fourth-order valence-corrected chi connectivity index (χ4v) is 12.9. The van der Waals surface area contributed by atoms with E-state index in [2.05, 4.69) is 280 Å². The Bertz CT molecular complexity index is 4380. The minimum atomic E-state index is -0.109. The van der Waals surface area contributed by atoms with Gasteiger partial charge < -0.3 is 9.13 Å². The summed E-state index contributed by atoms with van der Waals surface area (Å²) in [6.07, 6.45) is 0. The number of nitrogens with zero attached hydrogens (tertiary/aromatic N) is 5. The van der Waals surface area contributed by atoms with E-state index in [-0.39, 0.29) is 21.7 Å². The number of benzene rings is 9. The van der Waals surface area contributed by atoms with E-state index in [9.17, 15) is 0 Å². The van der Waals surface area contributed by atoms with Crippen LogP contribution in [-0.2, 0) is 21.7 Å². The van der Waals surface area contributed by atoms with Gasteiger partial charge in [0.15, 0.2) is 17.5 Å². The van der Waals surface area contributed by atoms with E-state index in [0.717, 1.165) is 55.7 Å². The summed E-state index contributed by atoms with van der Waals surface area (Å²) in [5.41, 5.74) is 16.4. The third kappa shape index (κ3) is 8.63. The lowest BCUT2D eigenvalue weighted by Crippen LogP contribution is -2.17. The molecule has 0 radical (unpaired) electrons. The van der Waals surface area contributed by atoms with Gasteiger partial charge in [-0.05, 0) is 123 Å². The summed E-state index contributed by atoms with van der Waals surface area (Å²) >= 11 is 1.89. The van der Waals surface area contributed by atoms with Crippen molar-refractivity contribution in [3.63, 3.8) is 0 Å². The zero-order valence-electron chi connectivity index (χ0n) is 47.5. The maximum absolute atomic E-state index is 5.58. The molecule has 0 saturated heterocycles. The number of hydrogen-bond donors (Lipinski definition) is 0. The Labute approximate surface area is 468 Å². The van der Waals surface area contributed by atoms with E-state index < -0.39 is 0 Å². The minimum Gasteiger partial charge on any atom is -0.309 e. The predicted octanol–water partition coefficient (Wildman–Crippen LogP) is 20.3. The fourth-order valence-electron chi connectivity index (χ4n) is 11.7. The number of thiophene rings is 1. The zero-order chi connectivity index (χ0) is 54.9. The molecule has 6 heteroatoms. The van der Waals surface area contributed by atoms with Gasteiger partial charge in [0, 0.05) is 69.5 Å². The van der Waals surface area contributed by atoms with Crippen LogP contribution in [0.5, 0.6) is 0 Å². The molecule has 0 amide bonds. The molecule has 4 aromatic heterocycles. The van der Waals surface area contributed by atoms with E-state index in [0.29, 0.717) is 17.5 Å². The van der Waals surface area contributed by atoms with Crippen molar-refractivity contribution in [1.82, 2.24) is 24.1 Å². The van der Waals surface area contributed by atoms with Crippen molar-refractivity contribution in [2.45, 2.75) is 105 Å². The van der Waals surface area contributed by atoms with Crippen molar-refractivity contribution in [3.05, 3.63) is 210 Å². The average Bonchev–Trinajstić information content (AvgIpc) is 3.61. The van der Waals surface area contributed by atoms with Crippen LogP contribution in [0, 0.1) is 0 Å². The van der Waals surface area contributed by atoms with Crippen molar-refractivity contribution in [2.75, 3.05) is 0 Å². The van der Waals surface area contributed by atoms with Gasteiger partial charge in [0.2, 0.25) is 0 Å². The molecule has 0 aliphatic heterocycles. The second-order valence-corrected chi connectivity index (χ2v) is 26.9. The van der Waals surface area contributed by atoms with E-state index in [4.69, 9.17) is 15.0 Å². The van der Waals surface area contributed by atoms with Crippen LogP contribution in [0.1, 0.15) is 105 Å². The van der Waals surface area contributed by atoms with Crippen LogP contribution < -0.4 is 0 Å². The molecule has 79 heavy (non-hydrogen) atoms. The molecule has 0 unspecified atom stereocenters. The van der Waals surface area contributed by atoms with Crippen molar-refractivity contribution in [2.24, 2.45) is 0 Å². The first-order valence-corrected chi connectivity index (χ1v) is 28.7. The maximum atomic E-state index is 5.58. The summed E-state index contributed by atoms with van der Waals surface area (Å²) in [7, 11) is 0. The first-order valence-electron chi connectivity index (χ1n) is 27.8. The highest BCUT2D eigenvalue weighted by Gasteiger charge is 2.27. The Morgan fingerprint density at radius 3 is 1.27 bits per heavy atom. The summed E-state index contributed by atoms with van der Waals surface area (Å²) < 4.78 is 7.56. The van der Waals surface area contributed by atoms with Gasteiger partial charge >= 0.3 is 0 Å². The monoisotopic (exact) mass is 1050 g/mol. The molecule has 0 bridgehead atoms. The van der Waals surface area contributed by atoms with Crippen molar-refractivity contribution < 1.29 is 0 Å². The van der Waals surface area contributed by atoms with Gasteiger partial charge in [-0.15, -0.1) is 11.3 Å². The van der Waals surface area contributed by atoms with Crippen molar-refractivity contribution in [3.8, 4) is 56.7 Å². The number of aromatic nitrogens is 5. The van der Waals surface area contributed by atoms with E-state index >= 15 is 0 Å². The standard InChI is InChI=1S/C73H67N5S/c1-70(2,3)47-37-45(38-48(42-47)71(4,5)6)68-74-67(75-69(76-68)46-39-49(72(7,8)9)43-50(40-46)73(10,11)12)44-33-35-62(77-58-28-18-13-23-51(58)52-24-14-19-29-59(52)77)57(41-44)53-25-15-20-30-60(53)78-61-31-21-16-27-56(61)65-63(78)36-34-55-54-26-17-22-32-64(54)79-66(55)65/h13-43H,1-12H3. The molecular weight excluding hydrogens is 979 g/mol. The first-order chi connectivity index (χ1) is 37.7. The topological polar surface area (TPSA) is 48.5 Å². The fraction of sp³-hybridized carbons (Fsp3) is 0.219. The Kier molecular flexibility index (Phi) is 11.6. The van der Waals surface area contributed by atoms with Crippen molar-refractivity contribution in [1.29, 1.82) is 0 Å². The van der Waals surface area contributed by atoms with Gasteiger partial charge in [0.1, 0.15) is 0 Å². The van der Waals surface area contributed by atoms with Gasteiger partial charge in [0.25, 0.3) is 0 Å². The molecule has 9 aromatic carbocycles. The number of rotatable bonds is 6. The third-order valence-corrected chi connectivity index (χ3v) is 17.4. The van der Waals surface area contributed by atoms with Gasteiger partial charge in [-0.25, -0.2) is 15.0 Å². The highest BCUT2D eigenvalue weighted by atomic mass is 32.1. The molecule has 390 valence electrons. The molecule has 0 atom stereocenters. The average molecular weight is 1050 g/mol. The summed E-state index contributed by atoms with van der Waals surface area (Å²) in [5, 5.41) is 7.53. The molecule has 13 rings (SSSR count). The van der Waals surface area contributed by atoms with E-state index in [1.54, 1.807) is 0 Å². The minimum absolute atomic E-state index is 0.109. The summed E-state index contributed by atoms with van der Waals surface area (Å²) in [6.45, 7) is 27.5. The largest absolute Gasteiger partial charge is 0.309 e.